The van der Waals surface area contributed by atoms with Crippen molar-refractivity contribution in [2.75, 3.05) is 14.1 Å². The van der Waals surface area contributed by atoms with Crippen LogP contribution in [-0.2, 0) is 4.74 Å². The Hall–Kier alpha value is -1.50. The third kappa shape index (κ3) is 3.27. The molecule has 0 aromatic heterocycles. The average molecular weight is 217 g/mol. The molecule has 0 spiro atoms. The number of rotatable bonds is 5. The van der Waals surface area contributed by atoms with Crippen LogP contribution in [0.25, 0.3) is 0 Å². The van der Waals surface area contributed by atoms with Gasteiger partial charge in [-0.25, -0.2) is 0 Å². The summed E-state index contributed by atoms with van der Waals surface area (Å²) in [5.74, 6) is 0. The maximum Gasteiger partial charge on any atom is 0.139 e. The van der Waals surface area contributed by atoms with Crippen LogP contribution in [0.15, 0.2) is 48.9 Å². The second kappa shape index (κ2) is 6.16. The number of nitrogens with zero attached hydrogens (tertiary/aromatic N) is 1. The lowest BCUT2D eigenvalue weighted by atomic mass is 10.0. The van der Waals surface area contributed by atoms with E-state index in [1.807, 2.05) is 32.3 Å². The molecule has 0 aliphatic rings. The lowest BCUT2D eigenvalue weighted by Gasteiger charge is -2.28. The third-order valence-corrected chi connectivity index (χ3v) is 2.68. The monoisotopic (exact) mass is 217 g/mol. The molecule has 0 amide bonds. The molecule has 0 saturated carbocycles. The predicted molar refractivity (Wildman–Crippen MR) is 67.1 cm³/mol. The van der Waals surface area contributed by atoms with Crippen LogP contribution in [0.5, 0.6) is 0 Å². The first-order chi connectivity index (χ1) is 7.66. The molecule has 2 heteroatoms. The standard InChI is InChI=1S/C14H19NO/c1-5-11-16-14(12(2)15(3)4)13-9-7-6-8-10-13/h6-12,14H,1H2,2-4H3/t12-,14-/m0/s1. The van der Waals surface area contributed by atoms with Crippen LogP contribution in [0, 0.1) is 0 Å². The molecule has 0 fully saturated rings. The van der Waals surface area contributed by atoms with E-state index in [0.29, 0.717) is 0 Å². The summed E-state index contributed by atoms with van der Waals surface area (Å²) < 4.78 is 5.66. The van der Waals surface area contributed by atoms with Crippen molar-refractivity contribution in [3.63, 3.8) is 0 Å². The number of hydrogen-bond donors (Lipinski definition) is 0. The van der Waals surface area contributed by atoms with E-state index in [-0.39, 0.29) is 12.1 Å². The molecule has 0 saturated heterocycles. The van der Waals surface area contributed by atoms with Gasteiger partial charge in [0.2, 0.25) is 0 Å². The fourth-order valence-electron chi connectivity index (χ4n) is 1.51. The first kappa shape index (κ1) is 12.6. The normalized spacial score (nSPS) is 14.0. The van der Waals surface area contributed by atoms with Crippen LogP contribution in [0.3, 0.4) is 0 Å². The van der Waals surface area contributed by atoms with Gasteiger partial charge in [0, 0.05) is 6.04 Å². The topological polar surface area (TPSA) is 12.5 Å². The molecule has 0 unspecified atom stereocenters. The molecule has 0 aliphatic heterocycles. The van der Waals surface area contributed by atoms with E-state index >= 15 is 0 Å². The summed E-state index contributed by atoms with van der Waals surface area (Å²) >= 11 is 0. The lowest BCUT2D eigenvalue weighted by molar-refractivity contribution is 0.0683. The molecule has 2 atom stereocenters. The summed E-state index contributed by atoms with van der Waals surface area (Å²) in [7, 11) is 4.09. The Kier molecular flexibility index (Phi) is 4.84. The van der Waals surface area contributed by atoms with Crippen LogP contribution >= 0.6 is 0 Å². The molecule has 0 bridgehead atoms. The van der Waals surface area contributed by atoms with E-state index < -0.39 is 0 Å². The van der Waals surface area contributed by atoms with E-state index in [2.05, 4.69) is 36.3 Å². The zero-order chi connectivity index (χ0) is 12.0. The van der Waals surface area contributed by atoms with Gasteiger partial charge in [0.15, 0.2) is 0 Å². The van der Waals surface area contributed by atoms with Crippen molar-refractivity contribution in [3.8, 4) is 0 Å². The van der Waals surface area contributed by atoms with Crippen molar-refractivity contribution in [2.45, 2.75) is 19.1 Å². The first-order valence-electron chi connectivity index (χ1n) is 5.38. The highest BCUT2D eigenvalue weighted by Gasteiger charge is 2.21. The second-order valence-corrected chi connectivity index (χ2v) is 3.99. The summed E-state index contributed by atoms with van der Waals surface area (Å²) in [6.07, 6.45) is 1.53. The van der Waals surface area contributed by atoms with Crippen LogP contribution in [0.1, 0.15) is 18.6 Å². The van der Waals surface area contributed by atoms with Crippen molar-refractivity contribution in [2.24, 2.45) is 0 Å². The van der Waals surface area contributed by atoms with Gasteiger partial charge in [0.05, 0.1) is 0 Å². The molecule has 86 valence electrons. The molecule has 16 heavy (non-hydrogen) atoms. The van der Waals surface area contributed by atoms with Crippen LogP contribution in [0.2, 0.25) is 0 Å². The Morgan fingerprint density at radius 2 is 1.94 bits per heavy atom. The SMILES string of the molecule is C=C=CO[C@H](c1ccccc1)[C@H](C)N(C)C. The van der Waals surface area contributed by atoms with Crippen LogP contribution in [-0.4, -0.2) is 25.0 Å². The van der Waals surface area contributed by atoms with E-state index in [1.54, 1.807) is 0 Å². The Labute approximate surface area is 97.8 Å². The average Bonchev–Trinajstić information content (AvgIpc) is 2.30. The Bertz CT molecular complexity index is 352. The molecule has 1 aromatic rings. The maximum absolute atomic E-state index is 5.66. The number of ether oxygens (including phenoxy) is 1. The van der Waals surface area contributed by atoms with Gasteiger partial charge in [0.1, 0.15) is 12.4 Å². The van der Waals surface area contributed by atoms with E-state index in [0.717, 1.165) is 5.56 Å². The minimum absolute atomic E-state index is 0.00505. The third-order valence-electron chi connectivity index (χ3n) is 2.68. The highest BCUT2D eigenvalue weighted by molar-refractivity contribution is 5.19. The first-order valence-corrected chi connectivity index (χ1v) is 5.38. The minimum Gasteiger partial charge on any atom is -0.484 e. The van der Waals surface area contributed by atoms with Gasteiger partial charge >= 0.3 is 0 Å². The highest BCUT2D eigenvalue weighted by Crippen LogP contribution is 2.23. The zero-order valence-electron chi connectivity index (χ0n) is 10.2. The van der Waals surface area contributed by atoms with E-state index in [4.69, 9.17) is 4.74 Å². The second-order valence-electron chi connectivity index (χ2n) is 3.99. The van der Waals surface area contributed by atoms with Crippen LogP contribution < -0.4 is 0 Å². The molecule has 0 aliphatic carbocycles. The van der Waals surface area contributed by atoms with Gasteiger partial charge in [-0.3, -0.25) is 0 Å². The van der Waals surface area contributed by atoms with Crippen molar-refractivity contribution in [1.82, 2.24) is 4.90 Å². The van der Waals surface area contributed by atoms with Crippen molar-refractivity contribution in [3.05, 3.63) is 54.5 Å². The summed E-state index contributed by atoms with van der Waals surface area (Å²) in [6, 6.07) is 10.5. The van der Waals surface area contributed by atoms with Crippen molar-refractivity contribution >= 4 is 0 Å². The molecule has 1 rings (SSSR count). The summed E-state index contributed by atoms with van der Waals surface area (Å²) in [6.45, 7) is 5.64. The predicted octanol–water partition coefficient (Wildman–Crippen LogP) is 2.99. The van der Waals surface area contributed by atoms with Gasteiger partial charge in [-0.2, -0.15) is 0 Å². The van der Waals surface area contributed by atoms with Gasteiger partial charge in [-0.15, -0.1) is 0 Å². The largest absolute Gasteiger partial charge is 0.484 e. The summed E-state index contributed by atoms with van der Waals surface area (Å²) in [4.78, 5) is 2.13. The smallest absolute Gasteiger partial charge is 0.139 e. The zero-order valence-corrected chi connectivity index (χ0v) is 10.2. The van der Waals surface area contributed by atoms with Gasteiger partial charge in [-0.05, 0) is 26.6 Å². The fraction of sp³-hybridized carbons (Fsp3) is 0.357. The molecule has 0 N–H and O–H groups in total. The Morgan fingerprint density at radius 1 is 1.31 bits per heavy atom. The number of likely N-dealkylation sites (N-methyl/N-ethyl adjacent to an activating group) is 1. The molecular formula is C14H19NO. The Balaban J connectivity index is 2.91. The van der Waals surface area contributed by atoms with Gasteiger partial charge < -0.3 is 9.64 Å². The summed E-state index contributed by atoms with van der Waals surface area (Å²) in [5, 5.41) is 0. The van der Waals surface area contributed by atoms with Crippen LogP contribution in [0.4, 0.5) is 0 Å². The molecule has 0 heterocycles. The maximum atomic E-state index is 5.66. The quantitative estimate of drug-likeness (QED) is 0.555. The number of hydrogen-bond acceptors (Lipinski definition) is 2. The molecule has 1 aromatic carbocycles. The van der Waals surface area contributed by atoms with Gasteiger partial charge in [-0.1, -0.05) is 42.6 Å². The molecule has 0 radical (unpaired) electrons. The van der Waals surface area contributed by atoms with Gasteiger partial charge in [0.25, 0.3) is 0 Å². The molecule has 2 nitrogen and oxygen atoms in total. The summed E-state index contributed by atoms with van der Waals surface area (Å²) in [5.41, 5.74) is 3.81. The fourth-order valence-corrected chi connectivity index (χ4v) is 1.51. The minimum atomic E-state index is 0.00505. The van der Waals surface area contributed by atoms with Crippen molar-refractivity contribution < 1.29 is 4.74 Å². The van der Waals surface area contributed by atoms with Crippen molar-refractivity contribution in [1.29, 1.82) is 0 Å². The lowest BCUT2D eigenvalue weighted by Crippen LogP contribution is -2.31. The molecular weight excluding hydrogens is 198 g/mol. The number of benzene rings is 1. The highest BCUT2D eigenvalue weighted by atomic mass is 16.5. The Morgan fingerprint density at radius 3 is 2.44 bits per heavy atom. The van der Waals surface area contributed by atoms with E-state index in [9.17, 15) is 0 Å². The van der Waals surface area contributed by atoms with E-state index in [1.165, 1.54) is 6.26 Å².